The highest BCUT2D eigenvalue weighted by molar-refractivity contribution is 9.10. The monoisotopic (exact) mass is 255 g/mol. The molecule has 1 aromatic carbocycles. The standard InChI is InChI=1S/C9H6BrNO3/c10-7-2-1-5(3-8(12)13)6(4-11)9(7)14/h1-2,14H,3H2,(H,12,13). The van der Waals surface area contributed by atoms with Crippen molar-refractivity contribution in [2.45, 2.75) is 6.42 Å². The van der Waals surface area contributed by atoms with Crippen LogP contribution in [0, 0.1) is 11.3 Å². The van der Waals surface area contributed by atoms with Crippen LogP contribution >= 0.6 is 15.9 Å². The Morgan fingerprint density at radius 1 is 1.57 bits per heavy atom. The van der Waals surface area contributed by atoms with Crippen LogP contribution in [0.3, 0.4) is 0 Å². The Balaban J connectivity index is 3.26. The summed E-state index contributed by atoms with van der Waals surface area (Å²) in [5, 5.41) is 26.7. The van der Waals surface area contributed by atoms with E-state index in [4.69, 9.17) is 10.4 Å². The third kappa shape index (κ3) is 2.03. The lowest BCUT2D eigenvalue weighted by Gasteiger charge is -2.04. The summed E-state index contributed by atoms with van der Waals surface area (Å²) in [6.45, 7) is 0. The van der Waals surface area contributed by atoms with Gasteiger partial charge in [-0.25, -0.2) is 0 Å². The Labute approximate surface area is 88.5 Å². The van der Waals surface area contributed by atoms with Crippen molar-refractivity contribution < 1.29 is 15.0 Å². The molecule has 4 nitrogen and oxygen atoms in total. The van der Waals surface area contributed by atoms with Crippen molar-refractivity contribution >= 4 is 21.9 Å². The Hall–Kier alpha value is -1.54. The smallest absolute Gasteiger partial charge is 0.307 e. The van der Waals surface area contributed by atoms with Gasteiger partial charge in [-0.3, -0.25) is 4.79 Å². The lowest BCUT2D eigenvalue weighted by Crippen LogP contribution is -2.02. The first-order valence-corrected chi connectivity index (χ1v) is 4.47. The fraction of sp³-hybridized carbons (Fsp3) is 0.111. The summed E-state index contributed by atoms with van der Waals surface area (Å²) in [7, 11) is 0. The van der Waals surface area contributed by atoms with E-state index >= 15 is 0 Å². The zero-order valence-electron chi connectivity index (χ0n) is 6.99. The van der Waals surface area contributed by atoms with Crippen molar-refractivity contribution in [3.05, 3.63) is 27.7 Å². The molecule has 0 atom stereocenters. The van der Waals surface area contributed by atoms with Gasteiger partial charge in [0.1, 0.15) is 11.8 Å². The third-order valence-corrected chi connectivity index (χ3v) is 2.31. The van der Waals surface area contributed by atoms with Gasteiger partial charge in [-0.2, -0.15) is 5.26 Å². The van der Waals surface area contributed by atoms with Gasteiger partial charge in [-0.1, -0.05) is 6.07 Å². The maximum Gasteiger partial charge on any atom is 0.307 e. The van der Waals surface area contributed by atoms with Gasteiger partial charge < -0.3 is 10.2 Å². The van der Waals surface area contributed by atoms with Gasteiger partial charge in [0.2, 0.25) is 0 Å². The van der Waals surface area contributed by atoms with Gasteiger partial charge >= 0.3 is 5.97 Å². The Morgan fingerprint density at radius 3 is 2.71 bits per heavy atom. The predicted octanol–water partition coefficient (Wildman–Crippen LogP) is 1.65. The van der Waals surface area contributed by atoms with Crippen LogP contribution in [0.25, 0.3) is 0 Å². The summed E-state index contributed by atoms with van der Waals surface area (Å²) in [5.74, 6) is -1.26. The van der Waals surface area contributed by atoms with Crippen molar-refractivity contribution in [2.75, 3.05) is 0 Å². The second-order valence-electron chi connectivity index (χ2n) is 2.61. The molecular formula is C9H6BrNO3. The lowest BCUT2D eigenvalue weighted by molar-refractivity contribution is -0.136. The summed E-state index contributed by atoms with van der Waals surface area (Å²) in [6, 6.07) is 4.77. The van der Waals surface area contributed by atoms with Crippen molar-refractivity contribution in [1.82, 2.24) is 0 Å². The van der Waals surface area contributed by atoms with Crippen LogP contribution in [0.2, 0.25) is 0 Å². The number of hydrogen-bond donors (Lipinski definition) is 2. The Bertz CT molecular complexity index is 423. The minimum Gasteiger partial charge on any atom is -0.505 e. The Morgan fingerprint density at radius 2 is 2.21 bits per heavy atom. The minimum atomic E-state index is -1.04. The summed E-state index contributed by atoms with van der Waals surface area (Å²) in [5.41, 5.74) is 0.308. The lowest BCUT2D eigenvalue weighted by atomic mass is 10.0. The number of nitriles is 1. The third-order valence-electron chi connectivity index (χ3n) is 1.67. The first kappa shape index (κ1) is 10.5. The van der Waals surface area contributed by atoms with E-state index in [0.717, 1.165) is 0 Å². The molecule has 0 unspecified atom stereocenters. The molecule has 0 saturated heterocycles. The molecule has 0 radical (unpaired) electrons. The molecule has 5 heteroatoms. The number of carbonyl (C=O) groups is 1. The molecule has 0 aliphatic heterocycles. The van der Waals surface area contributed by atoms with E-state index in [9.17, 15) is 9.90 Å². The molecule has 0 heterocycles. The van der Waals surface area contributed by atoms with Crippen LogP contribution < -0.4 is 0 Å². The number of hydrogen-bond acceptors (Lipinski definition) is 3. The second-order valence-corrected chi connectivity index (χ2v) is 3.47. The van der Waals surface area contributed by atoms with E-state index in [1.165, 1.54) is 12.1 Å². The topological polar surface area (TPSA) is 81.3 Å². The fourth-order valence-electron chi connectivity index (χ4n) is 1.04. The van der Waals surface area contributed by atoms with E-state index < -0.39 is 5.97 Å². The molecule has 0 fully saturated rings. The highest BCUT2D eigenvalue weighted by Gasteiger charge is 2.12. The van der Waals surface area contributed by atoms with Crippen LogP contribution in [0.4, 0.5) is 0 Å². The maximum atomic E-state index is 10.4. The number of aromatic hydroxyl groups is 1. The van der Waals surface area contributed by atoms with E-state index in [1.54, 1.807) is 6.07 Å². The molecule has 72 valence electrons. The number of benzene rings is 1. The highest BCUT2D eigenvalue weighted by atomic mass is 79.9. The molecule has 0 aliphatic carbocycles. The van der Waals surface area contributed by atoms with Crippen LogP contribution in [0.5, 0.6) is 5.75 Å². The molecule has 1 rings (SSSR count). The van der Waals surface area contributed by atoms with Crippen LogP contribution in [0.15, 0.2) is 16.6 Å². The van der Waals surface area contributed by atoms with Crippen LogP contribution in [0.1, 0.15) is 11.1 Å². The van der Waals surface area contributed by atoms with Crippen molar-refractivity contribution in [1.29, 1.82) is 5.26 Å². The molecule has 2 N–H and O–H groups in total. The van der Waals surface area contributed by atoms with E-state index in [-0.39, 0.29) is 17.7 Å². The van der Waals surface area contributed by atoms with Gasteiger partial charge in [0.25, 0.3) is 0 Å². The molecule has 0 aliphatic rings. The van der Waals surface area contributed by atoms with Crippen molar-refractivity contribution in [3.63, 3.8) is 0 Å². The van der Waals surface area contributed by atoms with E-state index in [1.807, 2.05) is 0 Å². The minimum absolute atomic E-state index is 0.00164. The number of phenols is 1. The molecule has 1 aromatic rings. The van der Waals surface area contributed by atoms with Gasteiger partial charge in [0.05, 0.1) is 16.5 Å². The van der Waals surface area contributed by atoms with E-state index in [0.29, 0.717) is 10.0 Å². The number of phenolic OH excluding ortho intramolecular Hbond substituents is 1. The number of halogens is 1. The van der Waals surface area contributed by atoms with E-state index in [2.05, 4.69) is 15.9 Å². The van der Waals surface area contributed by atoms with Crippen LogP contribution in [-0.4, -0.2) is 16.2 Å². The number of carboxylic acid groups (broad SMARTS) is 1. The normalized spacial score (nSPS) is 9.43. The summed E-state index contributed by atoms with van der Waals surface area (Å²) in [4.78, 5) is 10.4. The number of rotatable bonds is 2. The average Bonchev–Trinajstić information content (AvgIpc) is 2.11. The molecule has 14 heavy (non-hydrogen) atoms. The zero-order valence-corrected chi connectivity index (χ0v) is 8.58. The van der Waals surface area contributed by atoms with Gasteiger partial charge in [0, 0.05) is 0 Å². The second kappa shape index (κ2) is 4.11. The largest absolute Gasteiger partial charge is 0.505 e. The van der Waals surface area contributed by atoms with Crippen molar-refractivity contribution in [3.8, 4) is 11.8 Å². The Kier molecular flexibility index (Phi) is 3.10. The van der Waals surface area contributed by atoms with Gasteiger partial charge in [-0.15, -0.1) is 0 Å². The quantitative estimate of drug-likeness (QED) is 0.842. The SMILES string of the molecule is N#Cc1c(CC(=O)O)ccc(Br)c1O. The molecule has 0 spiro atoms. The molecule has 0 bridgehead atoms. The average molecular weight is 256 g/mol. The van der Waals surface area contributed by atoms with Crippen molar-refractivity contribution in [2.24, 2.45) is 0 Å². The van der Waals surface area contributed by atoms with Crippen LogP contribution in [-0.2, 0) is 11.2 Å². The number of nitrogens with zero attached hydrogens (tertiary/aromatic N) is 1. The highest BCUT2D eigenvalue weighted by Crippen LogP contribution is 2.29. The summed E-state index contributed by atoms with van der Waals surface area (Å²) < 4.78 is 0.378. The molecular weight excluding hydrogens is 250 g/mol. The van der Waals surface area contributed by atoms with Gasteiger partial charge in [-0.05, 0) is 27.6 Å². The molecule has 0 amide bonds. The maximum absolute atomic E-state index is 10.4. The molecule has 0 saturated carbocycles. The van der Waals surface area contributed by atoms with Gasteiger partial charge in [0.15, 0.2) is 0 Å². The fourth-order valence-corrected chi connectivity index (χ4v) is 1.37. The predicted molar refractivity (Wildman–Crippen MR) is 51.9 cm³/mol. The zero-order chi connectivity index (χ0) is 10.7. The summed E-state index contributed by atoms with van der Waals surface area (Å²) >= 11 is 3.04. The number of carboxylic acids is 1. The summed E-state index contributed by atoms with van der Waals surface area (Å²) in [6.07, 6.45) is -0.274. The first-order valence-electron chi connectivity index (χ1n) is 3.68. The number of aliphatic carboxylic acids is 1. The molecule has 0 aromatic heterocycles. The first-order chi connectivity index (χ1) is 6.56.